The summed E-state index contributed by atoms with van der Waals surface area (Å²) in [4.78, 5) is 4.71. The van der Waals surface area contributed by atoms with Gasteiger partial charge in [-0.25, -0.2) is 0 Å². The number of hydrogen-bond donors (Lipinski definition) is 1. The van der Waals surface area contributed by atoms with Gasteiger partial charge in [-0.3, -0.25) is 4.99 Å². The summed E-state index contributed by atoms with van der Waals surface area (Å²) in [6.07, 6.45) is 1.52. The van der Waals surface area contributed by atoms with Gasteiger partial charge >= 0.3 is 0 Å². The number of nitrogens with one attached hydrogen (secondary N) is 1. The standard InChI is InChI=1S/C14H17N3S/c1-3-14(2)10-18-13(17-14)16-12-6-4-11(5-7-12)8-9-15/h4-7H,3,8,10H2,1-2H3,(H,16,17). The number of amidine groups is 1. The number of anilines is 1. The number of benzene rings is 1. The third-order valence-corrected chi connectivity index (χ3v) is 4.37. The number of thioether (sulfide) groups is 1. The van der Waals surface area contributed by atoms with Crippen molar-refractivity contribution in [3.8, 4) is 6.07 Å². The van der Waals surface area contributed by atoms with Crippen LogP contribution in [0.2, 0.25) is 0 Å². The number of nitrogens with zero attached hydrogens (tertiary/aromatic N) is 2. The van der Waals surface area contributed by atoms with Gasteiger partial charge in [-0.05, 0) is 31.0 Å². The summed E-state index contributed by atoms with van der Waals surface area (Å²) in [7, 11) is 0. The molecule has 0 bridgehead atoms. The predicted octanol–water partition coefficient (Wildman–Crippen LogP) is 3.44. The van der Waals surface area contributed by atoms with Crippen molar-refractivity contribution in [2.24, 2.45) is 4.99 Å². The van der Waals surface area contributed by atoms with Gasteiger partial charge in [0.2, 0.25) is 0 Å². The first-order valence-electron chi connectivity index (χ1n) is 6.11. The van der Waals surface area contributed by atoms with E-state index in [4.69, 9.17) is 10.3 Å². The van der Waals surface area contributed by atoms with E-state index in [1.807, 2.05) is 24.3 Å². The number of hydrogen-bond acceptors (Lipinski definition) is 4. The summed E-state index contributed by atoms with van der Waals surface area (Å²) in [6.45, 7) is 4.36. The molecular weight excluding hydrogens is 242 g/mol. The van der Waals surface area contributed by atoms with E-state index in [9.17, 15) is 0 Å². The Bertz CT molecular complexity index is 487. The highest BCUT2D eigenvalue weighted by Gasteiger charge is 2.28. The molecule has 0 aliphatic carbocycles. The minimum absolute atomic E-state index is 0.0771. The Kier molecular flexibility index (Phi) is 3.93. The van der Waals surface area contributed by atoms with Crippen molar-refractivity contribution in [2.75, 3.05) is 11.1 Å². The molecule has 0 saturated heterocycles. The van der Waals surface area contributed by atoms with E-state index in [1.165, 1.54) is 0 Å². The van der Waals surface area contributed by atoms with Gasteiger partial charge in [0.05, 0.1) is 18.0 Å². The Morgan fingerprint density at radius 3 is 2.72 bits per heavy atom. The normalized spacial score (nSPS) is 22.4. The van der Waals surface area contributed by atoms with Crippen LogP contribution < -0.4 is 5.32 Å². The molecule has 2 rings (SSSR count). The monoisotopic (exact) mass is 259 g/mol. The summed E-state index contributed by atoms with van der Waals surface area (Å²) in [5.41, 5.74) is 2.15. The van der Waals surface area contributed by atoms with Gasteiger partial charge in [-0.15, -0.1) is 0 Å². The number of nitriles is 1. The lowest BCUT2D eigenvalue weighted by molar-refractivity contribution is 0.523. The second kappa shape index (κ2) is 5.45. The van der Waals surface area contributed by atoms with Gasteiger partial charge < -0.3 is 5.32 Å². The van der Waals surface area contributed by atoms with Crippen molar-refractivity contribution < 1.29 is 0 Å². The molecule has 1 heterocycles. The maximum Gasteiger partial charge on any atom is 0.161 e. The molecule has 1 N–H and O–H groups in total. The maximum atomic E-state index is 8.62. The Balaban J connectivity index is 2.03. The molecule has 1 aliphatic rings. The summed E-state index contributed by atoms with van der Waals surface area (Å²) >= 11 is 1.77. The van der Waals surface area contributed by atoms with Crippen molar-refractivity contribution in [3.63, 3.8) is 0 Å². The Hall–Kier alpha value is -1.47. The molecule has 0 amide bonds. The molecule has 0 fully saturated rings. The average Bonchev–Trinajstić information content (AvgIpc) is 2.75. The summed E-state index contributed by atoms with van der Waals surface area (Å²) < 4.78 is 0. The number of aliphatic imine (C=N–C) groups is 1. The summed E-state index contributed by atoms with van der Waals surface area (Å²) in [6, 6.07) is 10.1. The van der Waals surface area contributed by atoms with E-state index < -0.39 is 0 Å². The molecular formula is C14H17N3S. The van der Waals surface area contributed by atoms with Crippen LogP contribution >= 0.6 is 11.8 Å². The zero-order chi connectivity index (χ0) is 13.0. The average molecular weight is 259 g/mol. The molecule has 0 saturated carbocycles. The van der Waals surface area contributed by atoms with Crippen molar-refractivity contribution in [1.29, 1.82) is 5.26 Å². The van der Waals surface area contributed by atoms with Crippen LogP contribution in [-0.2, 0) is 6.42 Å². The third kappa shape index (κ3) is 3.05. The molecule has 1 aromatic carbocycles. The van der Waals surface area contributed by atoms with Crippen molar-refractivity contribution in [1.82, 2.24) is 0 Å². The second-order valence-corrected chi connectivity index (χ2v) is 5.68. The zero-order valence-corrected chi connectivity index (χ0v) is 11.5. The molecule has 18 heavy (non-hydrogen) atoms. The Morgan fingerprint density at radius 1 is 1.44 bits per heavy atom. The van der Waals surface area contributed by atoms with Crippen LogP contribution in [-0.4, -0.2) is 16.5 Å². The van der Waals surface area contributed by atoms with E-state index >= 15 is 0 Å². The van der Waals surface area contributed by atoms with E-state index in [2.05, 4.69) is 25.2 Å². The van der Waals surface area contributed by atoms with E-state index in [0.717, 1.165) is 28.6 Å². The second-order valence-electron chi connectivity index (χ2n) is 4.71. The highest BCUT2D eigenvalue weighted by Crippen LogP contribution is 2.30. The van der Waals surface area contributed by atoms with Crippen molar-refractivity contribution in [3.05, 3.63) is 29.8 Å². The van der Waals surface area contributed by atoms with E-state index in [1.54, 1.807) is 11.8 Å². The molecule has 3 nitrogen and oxygen atoms in total. The largest absolute Gasteiger partial charge is 0.335 e. The van der Waals surface area contributed by atoms with Crippen molar-refractivity contribution >= 4 is 22.6 Å². The van der Waals surface area contributed by atoms with E-state index in [0.29, 0.717) is 6.42 Å². The van der Waals surface area contributed by atoms with Crippen LogP contribution in [0, 0.1) is 11.3 Å². The fourth-order valence-electron chi connectivity index (χ4n) is 1.70. The quantitative estimate of drug-likeness (QED) is 0.904. The van der Waals surface area contributed by atoms with Crippen molar-refractivity contribution in [2.45, 2.75) is 32.2 Å². The third-order valence-electron chi connectivity index (χ3n) is 3.14. The first kappa shape index (κ1) is 13.0. The van der Waals surface area contributed by atoms with Gasteiger partial charge in [0, 0.05) is 11.4 Å². The molecule has 4 heteroatoms. The molecule has 1 unspecified atom stereocenters. The first-order chi connectivity index (χ1) is 8.65. The first-order valence-corrected chi connectivity index (χ1v) is 7.09. The van der Waals surface area contributed by atoms with Gasteiger partial charge in [-0.2, -0.15) is 5.26 Å². The SMILES string of the molecule is CCC1(C)CSC(Nc2ccc(CC#N)cc2)=N1. The van der Waals surface area contributed by atoms with Gasteiger partial charge in [0.1, 0.15) is 0 Å². The maximum absolute atomic E-state index is 8.62. The molecule has 1 aliphatic heterocycles. The number of rotatable bonds is 3. The minimum atomic E-state index is 0.0771. The Labute approximate surface area is 112 Å². The lowest BCUT2D eigenvalue weighted by Gasteiger charge is -2.15. The van der Waals surface area contributed by atoms with Gasteiger partial charge in [-0.1, -0.05) is 30.8 Å². The molecule has 1 atom stereocenters. The van der Waals surface area contributed by atoms with Crippen LogP contribution in [0.3, 0.4) is 0 Å². The van der Waals surface area contributed by atoms with Gasteiger partial charge in [0.15, 0.2) is 5.17 Å². The molecule has 0 radical (unpaired) electrons. The van der Waals surface area contributed by atoms with E-state index in [-0.39, 0.29) is 5.54 Å². The van der Waals surface area contributed by atoms with Crippen LogP contribution in [0.1, 0.15) is 25.8 Å². The van der Waals surface area contributed by atoms with Crippen LogP contribution in [0.25, 0.3) is 0 Å². The highest BCUT2D eigenvalue weighted by molar-refractivity contribution is 8.14. The van der Waals surface area contributed by atoms with Crippen LogP contribution in [0.15, 0.2) is 29.3 Å². The predicted molar refractivity (Wildman–Crippen MR) is 78.0 cm³/mol. The zero-order valence-electron chi connectivity index (χ0n) is 10.7. The molecule has 0 spiro atoms. The Morgan fingerprint density at radius 2 is 2.17 bits per heavy atom. The van der Waals surface area contributed by atoms with Gasteiger partial charge in [0.25, 0.3) is 0 Å². The topological polar surface area (TPSA) is 48.2 Å². The molecule has 1 aromatic rings. The lowest BCUT2D eigenvalue weighted by atomic mass is 10.0. The fourth-order valence-corrected chi connectivity index (χ4v) is 2.89. The minimum Gasteiger partial charge on any atom is -0.335 e. The summed E-state index contributed by atoms with van der Waals surface area (Å²) in [5.74, 6) is 1.04. The van der Waals surface area contributed by atoms with Crippen LogP contribution in [0.4, 0.5) is 5.69 Å². The molecule has 0 aromatic heterocycles. The fraction of sp³-hybridized carbons (Fsp3) is 0.429. The van der Waals surface area contributed by atoms with Crippen LogP contribution in [0.5, 0.6) is 0 Å². The molecule has 94 valence electrons. The lowest BCUT2D eigenvalue weighted by Crippen LogP contribution is -2.20. The smallest absolute Gasteiger partial charge is 0.161 e. The summed E-state index contributed by atoms with van der Waals surface area (Å²) in [5, 5.41) is 12.9. The highest BCUT2D eigenvalue weighted by atomic mass is 32.2.